The number of hydrogen-bond donors (Lipinski definition) is 0. The molecule has 1 aromatic rings. The summed E-state index contributed by atoms with van der Waals surface area (Å²) in [5, 5.41) is 0. The van der Waals surface area contributed by atoms with Crippen LogP contribution in [0.1, 0.15) is 39.0 Å². The molecule has 1 heterocycles. The van der Waals surface area contributed by atoms with Gasteiger partial charge in [-0.15, -0.1) is 0 Å². The number of hydrogen-bond acceptors (Lipinski definition) is 2. The molecule has 0 radical (unpaired) electrons. The van der Waals surface area contributed by atoms with E-state index in [0.29, 0.717) is 0 Å². The van der Waals surface area contributed by atoms with Crippen LogP contribution in [0.4, 0.5) is 0 Å². The molecule has 1 unspecified atom stereocenters. The van der Waals surface area contributed by atoms with Gasteiger partial charge in [0.15, 0.2) is 6.23 Å². The van der Waals surface area contributed by atoms with Crippen molar-refractivity contribution in [3.63, 3.8) is 0 Å². The lowest BCUT2D eigenvalue weighted by molar-refractivity contribution is 0.00599. The number of ether oxygens (including phenoxy) is 1. The van der Waals surface area contributed by atoms with Crippen LogP contribution in [-0.4, -0.2) is 24.2 Å². The monoisotopic (exact) mass is 233 g/mol. The van der Waals surface area contributed by atoms with Crippen LogP contribution in [0, 0.1) is 0 Å². The number of piperidine rings is 1. The topological polar surface area (TPSA) is 12.5 Å². The van der Waals surface area contributed by atoms with Gasteiger partial charge < -0.3 is 4.74 Å². The first kappa shape index (κ1) is 12.4. The smallest absolute Gasteiger partial charge is 0.152 e. The first-order valence-electron chi connectivity index (χ1n) is 6.86. The van der Waals surface area contributed by atoms with Crippen molar-refractivity contribution in [2.24, 2.45) is 0 Å². The highest BCUT2D eigenvalue weighted by Gasteiger charge is 2.21. The molecule has 94 valence electrons. The Morgan fingerprint density at radius 3 is 2.47 bits per heavy atom. The third-order valence-electron chi connectivity index (χ3n) is 3.35. The second-order valence-electron chi connectivity index (χ2n) is 4.77. The average Bonchev–Trinajstić information content (AvgIpc) is 2.40. The molecule has 17 heavy (non-hydrogen) atoms. The van der Waals surface area contributed by atoms with E-state index in [1.807, 2.05) is 30.3 Å². The maximum atomic E-state index is 6.12. The average molecular weight is 233 g/mol. The molecule has 1 fully saturated rings. The van der Waals surface area contributed by atoms with Crippen molar-refractivity contribution in [1.82, 2.24) is 4.90 Å². The van der Waals surface area contributed by atoms with Crippen LogP contribution in [0.15, 0.2) is 30.3 Å². The van der Waals surface area contributed by atoms with E-state index >= 15 is 0 Å². The predicted molar refractivity (Wildman–Crippen MR) is 71.2 cm³/mol. The summed E-state index contributed by atoms with van der Waals surface area (Å²) in [7, 11) is 0. The highest BCUT2D eigenvalue weighted by atomic mass is 16.5. The summed E-state index contributed by atoms with van der Waals surface area (Å²) in [6.07, 6.45) is 6.57. The third-order valence-corrected chi connectivity index (χ3v) is 3.35. The Balaban J connectivity index is 1.96. The third kappa shape index (κ3) is 3.74. The van der Waals surface area contributed by atoms with Crippen molar-refractivity contribution in [2.45, 2.75) is 45.3 Å². The molecule has 1 aliphatic heterocycles. The SMILES string of the molecule is CCCC(Oc1ccccc1)N1CCCCC1. The lowest BCUT2D eigenvalue weighted by Crippen LogP contribution is -2.42. The Hall–Kier alpha value is -1.02. The van der Waals surface area contributed by atoms with E-state index in [9.17, 15) is 0 Å². The highest BCUT2D eigenvalue weighted by Crippen LogP contribution is 2.19. The number of nitrogens with zero attached hydrogens (tertiary/aromatic N) is 1. The van der Waals surface area contributed by atoms with Crippen LogP contribution >= 0.6 is 0 Å². The minimum Gasteiger partial charge on any atom is -0.475 e. The molecule has 2 heteroatoms. The standard InChI is InChI=1S/C15H23NO/c1-2-9-15(16-12-7-4-8-13-16)17-14-10-5-3-6-11-14/h3,5-6,10-11,15H,2,4,7-9,12-13H2,1H3. The van der Waals surface area contributed by atoms with Gasteiger partial charge in [-0.1, -0.05) is 38.0 Å². The van der Waals surface area contributed by atoms with Gasteiger partial charge in [-0.05, 0) is 31.4 Å². The van der Waals surface area contributed by atoms with Crippen LogP contribution in [0.2, 0.25) is 0 Å². The van der Waals surface area contributed by atoms with Crippen LogP contribution in [0.3, 0.4) is 0 Å². The Bertz CT molecular complexity index is 306. The maximum Gasteiger partial charge on any atom is 0.152 e. The Labute approximate surface area is 105 Å². The molecule has 2 rings (SSSR count). The number of rotatable bonds is 5. The fourth-order valence-electron chi connectivity index (χ4n) is 2.43. The van der Waals surface area contributed by atoms with Crippen molar-refractivity contribution in [3.05, 3.63) is 30.3 Å². The number of likely N-dealkylation sites (tertiary alicyclic amines) is 1. The second kappa shape index (κ2) is 6.65. The predicted octanol–water partition coefficient (Wildman–Crippen LogP) is 3.68. The zero-order chi connectivity index (χ0) is 11.9. The lowest BCUT2D eigenvalue weighted by Gasteiger charge is -2.34. The molecule has 1 aliphatic rings. The lowest BCUT2D eigenvalue weighted by atomic mass is 10.1. The van der Waals surface area contributed by atoms with E-state index < -0.39 is 0 Å². The summed E-state index contributed by atoms with van der Waals surface area (Å²) < 4.78 is 6.12. The Morgan fingerprint density at radius 1 is 1.12 bits per heavy atom. The molecule has 1 aromatic carbocycles. The van der Waals surface area contributed by atoms with Gasteiger partial charge in [0.25, 0.3) is 0 Å². The molecule has 0 N–H and O–H groups in total. The van der Waals surface area contributed by atoms with Crippen LogP contribution in [0.5, 0.6) is 5.75 Å². The fraction of sp³-hybridized carbons (Fsp3) is 0.600. The van der Waals surface area contributed by atoms with Gasteiger partial charge in [0, 0.05) is 13.1 Å². The zero-order valence-corrected chi connectivity index (χ0v) is 10.8. The first-order valence-corrected chi connectivity index (χ1v) is 6.86. The summed E-state index contributed by atoms with van der Waals surface area (Å²) >= 11 is 0. The summed E-state index contributed by atoms with van der Waals surface area (Å²) in [5.74, 6) is 0.997. The molecule has 0 aromatic heterocycles. The summed E-state index contributed by atoms with van der Waals surface area (Å²) in [5.41, 5.74) is 0. The van der Waals surface area contributed by atoms with Crippen molar-refractivity contribution >= 4 is 0 Å². The van der Waals surface area contributed by atoms with Gasteiger partial charge in [-0.2, -0.15) is 0 Å². The van der Waals surface area contributed by atoms with E-state index in [2.05, 4.69) is 11.8 Å². The molecule has 1 atom stereocenters. The van der Waals surface area contributed by atoms with Crippen molar-refractivity contribution in [2.75, 3.05) is 13.1 Å². The van der Waals surface area contributed by atoms with Crippen molar-refractivity contribution in [3.8, 4) is 5.75 Å². The molecule has 2 nitrogen and oxygen atoms in total. The fourth-order valence-corrected chi connectivity index (χ4v) is 2.43. The molecule has 0 bridgehead atoms. The number of benzene rings is 1. The molecular weight excluding hydrogens is 210 g/mol. The molecule has 0 amide bonds. The van der Waals surface area contributed by atoms with E-state index in [1.165, 1.54) is 38.8 Å². The number of para-hydroxylation sites is 1. The van der Waals surface area contributed by atoms with E-state index in [-0.39, 0.29) is 6.23 Å². The molecule has 0 saturated carbocycles. The van der Waals surface area contributed by atoms with Gasteiger partial charge >= 0.3 is 0 Å². The van der Waals surface area contributed by atoms with Crippen LogP contribution < -0.4 is 4.74 Å². The maximum absolute atomic E-state index is 6.12. The highest BCUT2D eigenvalue weighted by molar-refractivity contribution is 5.21. The Morgan fingerprint density at radius 2 is 1.82 bits per heavy atom. The van der Waals surface area contributed by atoms with Crippen molar-refractivity contribution < 1.29 is 4.74 Å². The first-order chi connectivity index (χ1) is 8.40. The minimum atomic E-state index is 0.266. The van der Waals surface area contributed by atoms with E-state index in [0.717, 1.165) is 12.2 Å². The minimum absolute atomic E-state index is 0.266. The van der Waals surface area contributed by atoms with Crippen molar-refractivity contribution in [1.29, 1.82) is 0 Å². The molecule has 1 saturated heterocycles. The summed E-state index contributed by atoms with van der Waals surface area (Å²) in [6, 6.07) is 10.2. The molecule has 0 aliphatic carbocycles. The Kier molecular flexibility index (Phi) is 4.87. The van der Waals surface area contributed by atoms with Gasteiger partial charge in [0.1, 0.15) is 5.75 Å². The van der Waals surface area contributed by atoms with Gasteiger partial charge in [-0.3, -0.25) is 4.90 Å². The van der Waals surface area contributed by atoms with E-state index in [1.54, 1.807) is 0 Å². The molecule has 0 spiro atoms. The summed E-state index contributed by atoms with van der Waals surface area (Å²) in [6.45, 7) is 4.61. The quantitative estimate of drug-likeness (QED) is 0.769. The van der Waals surface area contributed by atoms with Crippen LogP contribution in [-0.2, 0) is 0 Å². The summed E-state index contributed by atoms with van der Waals surface area (Å²) in [4.78, 5) is 2.50. The van der Waals surface area contributed by atoms with Gasteiger partial charge in [0.2, 0.25) is 0 Å². The second-order valence-corrected chi connectivity index (χ2v) is 4.77. The molecular formula is C15H23NO. The van der Waals surface area contributed by atoms with Gasteiger partial charge in [-0.25, -0.2) is 0 Å². The van der Waals surface area contributed by atoms with E-state index in [4.69, 9.17) is 4.74 Å². The zero-order valence-electron chi connectivity index (χ0n) is 10.8. The van der Waals surface area contributed by atoms with Gasteiger partial charge in [0.05, 0.1) is 0 Å². The van der Waals surface area contributed by atoms with Crippen LogP contribution in [0.25, 0.3) is 0 Å². The normalized spacial score (nSPS) is 18.9. The largest absolute Gasteiger partial charge is 0.475 e.